The molecule has 6 rings (SSSR count). The molecule has 0 aliphatic rings. The summed E-state index contributed by atoms with van der Waals surface area (Å²) in [5, 5.41) is 18.5. The Bertz CT molecular complexity index is 2240. The molecule has 0 amide bonds. The third-order valence-corrected chi connectivity index (χ3v) is 13.7. The standard InChI is InChI=1S/C21H25BrN2OSi.C17H17N3O2S/c1-21(2,3)26(4,5)25-17-8-6-7-16(14-17)24-20-11-12-23-19-10-9-15(22)13-18(19)20;1-23(2,22)20-13-6-7-16-15(11-13)17(8-9-18-16)19-12-4-3-5-14(21)10-12/h6-14H,1-5H3,(H,23,24);3-11,21H,1-2H3,(H,18,19). The molecular formula is C38H42BrN5O3SSi. The molecule has 3 N–H and O–H groups in total. The van der Waals surface area contributed by atoms with Crippen molar-refractivity contribution in [3.05, 3.63) is 114 Å². The molecule has 8 nitrogen and oxygen atoms in total. The third kappa shape index (κ3) is 9.59. The van der Waals surface area contributed by atoms with Crippen LogP contribution in [0.25, 0.3) is 21.8 Å². The first-order valence-electron chi connectivity index (χ1n) is 15.8. The number of aromatic hydroxyl groups is 1. The Balaban J connectivity index is 0.000000192. The molecule has 0 saturated carbocycles. The summed E-state index contributed by atoms with van der Waals surface area (Å²) in [4.78, 5) is 8.77. The van der Waals surface area contributed by atoms with E-state index in [2.05, 4.69) is 93.0 Å². The zero-order valence-corrected chi connectivity index (χ0v) is 32.2. The molecule has 254 valence electrons. The summed E-state index contributed by atoms with van der Waals surface area (Å²) < 4.78 is 23.6. The number of phenolic OH excluding ortho intramolecular Hbond substituents is 1. The molecule has 0 spiro atoms. The van der Waals surface area contributed by atoms with Crippen LogP contribution in [0.1, 0.15) is 20.8 Å². The Morgan fingerprint density at radius 1 is 0.776 bits per heavy atom. The maximum Gasteiger partial charge on any atom is 0.250 e. The van der Waals surface area contributed by atoms with E-state index in [1.54, 1.807) is 43.0 Å². The number of anilines is 4. The van der Waals surface area contributed by atoms with Crippen molar-refractivity contribution in [2.45, 2.75) is 38.9 Å². The fraction of sp³-hybridized carbons (Fsp3) is 0.211. The van der Waals surface area contributed by atoms with Gasteiger partial charge in [0.25, 0.3) is 0 Å². The van der Waals surface area contributed by atoms with E-state index in [9.17, 15) is 9.32 Å². The van der Waals surface area contributed by atoms with E-state index < -0.39 is 18.0 Å². The minimum Gasteiger partial charge on any atom is -0.543 e. The summed E-state index contributed by atoms with van der Waals surface area (Å²) in [6.45, 7) is 11.3. The van der Waals surface area contributed by atoms with Gasteiger partial charge in [-0.2, -0.15) is 4.36 Å². The van der Waals surface area contributed by atoms with E-state index in [4.69, 9.17) is 4.43 Å². The second-order valence-electron chi connectivity index (χ2n) is 13.5. The lowest BCUT2D eigenvalue weighted by molar-refractivity contribution is 0.475. The summed E-state index contributed by atoms with van der Waals surface area (Å²) in [6, 6.07) is 30.6. The van der Waals surface area contributed by atoms with E-state index >= 15 is 0 Å². The number of nitrogens with zero attached hydrogens (tertiary/aromatic N) is 3. The number of rotatable bonds is 7. The van der Waals surface area contributed by atoms with E-state index in [0.717, 1.165) is 54.8 Å². The van der Waals surface area contributed by atoms with Crippen LogP contribution < -0.4 is 15.1 Å². The molecule has 49 heavy (non-hydrogen) atoms. The third-order valence-electron chi connectivity index (χ3n) is 8.17. The highest BCUT2D eigenvalue weighted by atomic mass is 79.9. The fourth-order valence-corrected chi connectivity index (χ4v) is 6.77. The Labute approximate surface area is 298 Å². The molecule has 0 unspecified atom stereocenters. The molecule has 2 heterocycles. The SMILES string of the molecule is CC(C)(C)[Si](C)(C)Oc1cccc(Nc2ccnc3ccc(Br)cc23)c1.CS(C)(=O)=Nc1ccc2nccc(Nc3cccc(O)c3)c2c1. The molecule has 6 aromatic rings. The minimum atomic E-state index is -2.22. The van der Waals surface area contributed by atoms with Crippen molar-refractivity contribution in [3.8, 4) is 11.5 Å². The highest BCUT2D eigenvalue weighted by Gasteiger charge is 2.39. The lowest BCUT2D eigenvalue weighted by Gasteiger charge is -2.36. The molecule has 11 heteroatoms. The average Bonchev–Trinajstić information content (AvgIpc) is 3.01. The summed E-state index contributed by atoms with van der Waals surface area (Å²) in [5.74, 6) is 1.11. The Kier molecular flexibility index (Phi) is 10.7. The van der Waals surface area contributed by atoms with Gasteiger partial charge in [0, 0.05) is 84.8 Å². The summed E-state index contributed by atoms with van der Waals surface area (Å²) in [6.07, 6.45) is 6.75. The van der Waals surface area contributed by atoms with Crippen LogP contribution in [-0.2, 0) is 9.73 Å². The second-order valence-corrected chi connectivity index (χ2v) is 21.7. The maximum atomic E-state index is 11.9. The number of phenols is 1. The summed E-state index contributed by atoms with van der Waals surface area (Å²) in [5.41, 5.74) is 6.08. The van der Waals surface area contributed by atoms with Crippen LogP contribution >= 0.6 is 15.9 Å². The number of aromatic nitrogens is 2. The lowest BCUT2D eigenvalue weighted by Crippen LogP contribution is -2.43. The van der Waals surface area contributed by atoms with Crippen LogP contribution in [0.3, 0.4) is 0 Å². The summed E-state index contributed by atoms with van der Waals surface area (Å²) in [7, 11) is -4.08. The number of nitrogens with one attached hydrogen (secondary N) is 2. The quantitative estimate of drug-likeness (QED) is 0.139. The Morgan fingerprint density at radius 3 is 1.94 bits per heavy atom. The molecular weight excluding hydrogens is 715 g/mol. The van der Waals surface area contributed by atoms with E-state index in [0.29, 0.717) is 5.69 Å². The van der Waals surface area contributed by atoms with E-state index in [-0.39, 0.29) is 10.8 Å². The predicted octanol–water partition coefficient (Wildman–Crippen LogP) is 11.2. The molecule has 0 aliphatic heterocycles. The zero-order chi connectivity index (χ0) is 35.4. The smallest absolute Gasteiger partial charge is 0.250 e. The number of benzene rings is 4. The molecule has 0 radical (unpaired) electrons. The number of halogens is 1. The Morgan fingerprint density at radius 2 is 1.35 bits per heavy atom. The largest absolute Gasteiger partial charge is 0.543 e. The highest BCUT2D eigenvalue weighted by molar-refractivity contribution is 9.10. The number of pyridine rings is 2. The fourth-order valence-electron chi connectivity index (χ4n) is 4.76. The van der Waals surface area contributed by atoms with Gasteiger partial charge in [0.15, 0.2) is 0 Å². The summed E-state index contributed by atoms with van der Waals surface area (Å²) >= 11 is 3.54. The van der Waals surface area contributed by atoms with Crippen molar-refractivity contribution >= 4 is 84.2 Å². The molecule has 0 fully saturated rings. The first-order valence-corrected chi connectivity index (χ1v) is 21.8. The van der Waals surface area contributed by atoms with Crippen LogP contribution in [0.2, 0.25) is 18.1 Å². The molecule has 0 saturated heterocycles. The number of hydrogen-bond acceptors (Lipinski definition) is 8. The van der Waals surface area contributed by atoms with Gasteiger partial charge in [0.05, 0.1) is 16.7 Å². The normalized spacial score (nSPS) is 11.8. The molecule has 0 bridgehead atoms. The monoisotopic (exact) mass is 755 g/mol. The van der Waals surface area contributed by atoms with Crippen molar-refractivity contribution in [1.29, 1.82) is 0 Å². The van der Waals surface area contributed by atoms with Gasteiger partial charge in [-0.1, -0.05) is 48.8 Å². The minimum absolute atomic E-state index is 0.171. The molecule has 4 aromatic carbocycles. The van der Waals surface area contributed by atoms with Crippen LogP contribution in [0, 0.1) is 0 Å². The van der Waals surface area contributed by atoms with Gasteiger partial charge in [-0.15, -0.1) is 0 Å². The second kappa shape index (κ2) is 14.6. The van der Waals surface area contributed by atoms with Crippen LogP contribution in [0.4, 0.5) is 28.4 Å². The van der Waals surface area contributed by atoms with Gasteiger partial charge < -0.3 is 20.2 Å². The van der Waals surface area contributed by atoms with Crippen LogP contribution in [0.15, 0.2) is 118 Å². The van der Waals surface area contributed by atoms with Crippen molar-refractivity contribution in [2.75, 3.05) is 23.1 Å². The van der Waals surface area contributed by atoms with Gasteiger partial charge in [0.1, 0.15) is 11.5 Å². The first-order chi connectivity index (χ1) is 23.1. The lowest BCUT2D eigenvalue weighted by atomic mass is 10.1. The topological polar surface area (TPSA) is 109 Å². The van der Waals surface area contributed by atoms with Crippen molar-refractivity contribution in [2.24, 2.45) is 4.36 Å². The van der Waals surface area contributed by atoms with Gasteiger partial charge in [-0.3, -0.25) is 9.97 Å². The van der Waals surface area contributed by atoms with Gasteiger partial charge in [0.2, 0.25) is 8.32 Å². The highest BCUT2D eigenvalue weighted by Crippen LogP contribution is 2.38. The van der Waals surface area contributed by atoms with Crippen molar-refractivity contribution in [1.82, 2.24) is 9.97 Å². The Hall–Kier alpha value is -4.45. The van der Waals surface area contributed by atoms with Crippen molar-refractivity contribution in [3.63, 3.8) is 0 Å². The molecule has 0 aliphatic carbocycles. The zero-order valence-electron chi connectivity index (χ0n) is 28.8. The van der Waals surface area contributed by atoms with Gasteiger partial charge in [-0.05, 0) is 90.9 Å². The van der Waals surface area contributed by atoms with E-state index in [1.807, 2.05) is 60.8 Å². The number of fused-ring (bicyclic) bond motifs is 2. The molecule has 2 aromatic heterocycles. The van der Waals surface area contributed by atoms with Gasteiger partial charge in [-0.25, -0.2) is 4.21 Å². The average molecular weight is 757 g/mol. The first kappa shape index (κ1) is 35.8. The predicted molar refractivity (Wildman–Crippen MR) is 212 cm³/mol. The van der Waals surface area contributed by atoms with E-state index in [1.165, 1.54) is 0 Å². The number of hydrogen-bond donors (Lipinski definition) is 3. The van der Waals surface area contributed by atoms with Gasteiger partial charge >= 0.3 is 0 Å². The van der Waals surface area contributed by atoms with Crippen molar-refractivity contribution < 1.29 is 13.7 Å². The van der Waals surface area contributed by atoms with Crippen LogP contribution in [0.5, 0.6) is 11.5 Å². The van der Waals surface area contributed by atoms with Crippen LogP contribution in [-0.4, -0.2) is 40.1 Å². The molecule has 0 atom stereocenters. The maximum absolute atomic E-state index is 11.9.